The van der Waals surface area contributed by atoms with E-state index in [0.717, 1.165) is 23.3 Å². The summed E-state index contributed by atoms with van der Waals surface area (Å²) in [5.41, 5.74) is 3.47. The summed E-state index contributed by atoms with van der Waals surface area (Å²) in [4.78, 5) is 17.9. The Balaban J connectivity index is 1.77. The van der Waals surface area contributed by atoms with Crippen LogP contribution >= 0.6 is 0 Å². The molecule has 0 fully saturated rings. The number of rotatable bonds is 5. The van der Waals surface area contributed by atoms with Crippen molar-refractivity contribution in [3.8, 4) is 11.5 Å². The van der Waals surface area contributed by atoms with Crippen LogP contribution in [0.2, 0.25) is 0 Å². The van der Waals surface area contributed by atoms with E-state index in [2.05, 4.69) is 20.5 Å². The van der Waals surface area contributed by atoms with E-state index in [-0.39, 0.29) is 11.9 Å². The largest absolute Gasteiger partial charge is 0.463 e. The Bertz CT molecular complexity index is 1140. The number of hydrogen-bond donors (Lipinski definition) is 1. The van der Waals surface area contributed by atoms with E-state index in [1.807, 2.05) is 44.6 Å². The van der Waals surface area contributed by atoms with Crippen molar-refractivity contribution >= 4 is 16.9 Å². The van der Waals surface area contributed by atoms with Crippen LogP contribution in [0.3, 0.4) is 0 Å². The van der Waals surface area contributed by atoms with E-state index in [4.69, 9.17) is 4.42 Å². The number of hydrogen-bond acceptors (Lipinski definition) is 5. The average molecular weight is 378 g/mol. The molecule has 0 spiro atoms. The molecule has 0 aliphatic rings. The lowest BCUT2D eigenvalue weighted by molar-refractivity contribution is 0.0940. The number of nitrogens with zero attached hydrogens (tertiary/aromatic N) is 5. The van der Waals surface area contributed by atoms with Gasteiger partial charge in [0, 0.05) is 19.8 Å². The van der Waals surface area contributed by atoms with E-state index in [0.29, 0.717) is 22.7 Å². The highest BCUT2D eigenvalue weighted by Gasteiger charge is 2.22. The minimum Gasteiger partial charge on any atom is -0.463 e. The van der Waals surface area contributed by atoms with Gasteiger partial charge in [-0.05, 0) is 45.0 Å². The maximum Gasteiger partial charge on any atom is 0.252 e. The summed E-state index contributed by atoms with van der Waals surface area (Å²) in [6.45, 7) is 6.59. The maximum atomic E-state index is 13.2. The SMILES string of the molecule is CCn1nccc1[C@H](C)NC(=O)c1cc(-c2ccco2)nc2c1c(C)nn2C. The Morgan fingerprint density at radius 2 is 2.18 bits per heavy atom. The zero-order valence-corrected chi connectivity index (χ0v) is 16.3. The molecule has 0 saturated heterocycles. The third-order valence-corrected chi connectivity index (χ3v) is 4.83. The number of aromatic nitrogens is 5. The van der Waals surface area contributed by atoms with Gasteiger partial charge < -0.3 is 9.73 Å². The van der Waals surface area contributed by atoms with Gasteiger partial charge in [0.25, 0.3) is 5.91 Å². The van der Waals surface area contributed by atoms with Gasteiger partial charge in [-0.25, -0.2) is 4.98 Å². The van der Waals surface area contributed by atoms with Gasteiger partial charge in [-0.2, -0.15) is 10.2 Å². The summed E-state index contributed by atoms with van der Waals surface area (Å²) in [5, 5.41) is 12.5. The highest BCUT2D eigenvalue weighted by Crippen LogP contribution is 2.27. The lowest BCUT2D eigenvalue weighted by Gasteiger charge is -2.16. The second kappa shape index (κ2) is 6.95. The van der Waals surface area contributed by atoms with Gasteiger partial charge in [-0.1, -0.05) is 0 Å². The van der Waals surface area contributed by atoms with Crippen molar-refractivity contribution in [3.05, 3.63) is 53.7 Å². The molecular formula is C20H22N6O2. The van der Waals surface area contributed by atoms with Gasteiger partial charge >= 0.3 is 0 Å². The van der Waals surface area contributed by atoms with Crippen molar-refractivity contribution in [2.75, 3.05) is 0 Å². The van der Waals surface area contributed by atoms with Crippen molar-refractivity contribution in [1.29, 1.82) is 0 Å². The quantitative estimate of drug-likeness (QED) is 0.576. The molecule has 1 atom stereocenters. The minimum atomic E-state index is -0.192. The van der Waals surface area contributed by atoms with Crippen molar-refractivity contribution in [2.24, 2.45) is 7.05 Å². The fourth-order valence-electron chi connectivity index (χ4n) is 3.50. The van der Waals surface area contributed by atoms with Crippen molar-refractivity contribution in [2.45, 2.75) is 33.4 Å². The molecule has 28 heavy (non-hydrogen) atoms. The van der Waals surface area contributed by atoms with Gasteiger partial charge in [-0.15, -0.1) is 0 Å². The van der Waals surface area contributed by atoms with Crippen LogP contribution in [-0.4, -0.2) is 30.5 Å². The molecule has 4 heterocycles. The number of fused-ring (bicyclic) bond motifs is 1. The van der Waals surface area contributed by atoms with Gasteiger partial charge in [0.15, 0.2) is 11.4 Å². The molecule has 4 rings (SSSR count). The van der Waals surface area contributed by atoms with Gasteiger partial charge in [0.2, 0.25) is 0 Å². The predicted molar refractivity (Wildman–Crippen MR) is 105 cm³/mol. The fourth-order valence-corrected chi connectivity index (χ4v) is 3.50. The number of nitrogens with one attached hydrogen (secondary N) is 1. The topological polar surface area (TPSA) is 90.8 Å². The summed E-state index contributed by atoms with van der Waals surface area (Å²) in [6.07, 6.45) is 3.33. The molecule has 0 unspecified atom stereocenters. The van der Waals surface area contributed by atoms with Gasteiger partial charge in [0.1, 0.15) is 5.69 Å². The number of carbonyl (C=O) groups is 1. The van der Waals surface area contributed by atoms with Crippen molar-refractivity contribution in [3.63, 3.8) is 0 Å². The molecule has 0 aliphatic heterocycles. The Hall–Kier alpha value is -3.42. The third kappa shape index (κ3) is 2.96. The molecule has 0 aliphatic carbocycles. The Kier molecular flexibility index (Phi) is 4.46. The normalized spacial score (nSPS) is 12.4. The van der Waals surface area contributed by atoms with E-state index in [1.54, 1.807) is 29.3 Å². The number of amides is 1. The van der Waals surface area contributed by atoms with Crippen LogP contribution in [0.15, 0.2) is 41.1 Å². The zero-order valence-electron chi connectivity index (χ0n) is 16.3. The van der Waals surface area contributed by atoms with Crippen LogP contribution in [0.25, 0.3) is 22.5 Å². The lowest BCUT2D eigenvalue weighted by atomic mass is 10.1. The van der Waals surface area contributed by atoms with Crippen molar-refractivity contribution < 1.29 is 9.21 Å². The second-order valence-electron chi connectivity index (χ2n) is 6.71. The summed E-state index contributed by atoms with van der Waals surface area (Å²) in [6, 6.07) is 7.10. The van der Waals surface area contributed by atoms with Crippen LogP contribution in [0.4, 0.5) is 0 Å². The van der Waals surface area contributed by atoms with E-state index >= 15 is 0 Å². The Labute approximate surface area is 162 Å². The Morgan fingerprint density at radius 1 is 1.36 bits per heavy atom. The summed E-state index contributed by atoms with van der Waals surface area (Å²) in [5.74, 6) is 0.416. The minimum absolute atomic E-state index is 0.187. The molecule has 0 saturated carbocycles. The standard InChI is InChI=1S/C20H22N6O2/c1-5-26-16(8-9-21-26)12(2)22-20(27)14-11-15(17-7-6-10-28-17)23-19-18(14)13(3)24-25(19)4/h6-12H,5H2,1-4H3,(H,22,27)/t12-/m0/s1. The summed E-state index contributed by atoms with van der Waals surface area (Å²) >= 11 is 0. The number of aryl methyl sites for hydroxylation is 3. The fraction of sp³-hybridized carbons (Fsp3) is 0.300. The summed E-state index contributed by atoms with van der Waals surface area (Å²) in [7, 11) is 1.82. The van der Waals surface area contributed by atoms with Crippen LogP contribution < -0.4 is 5.32 Å². The first-order valence-electron chi connectivity index (χ1n) is 9.20. The summed E-state index contributed by atoms with van der Waals surface area (Å²) < 4.78 is 9.04. The van der Waals surface area contributed by atoms with E-state index in [9.17, 15) is 4.79 Å². The van der Waals surface area contributed by atoms with Crippen LogP contribution in [-0.2, 0) is 13.6 Å². The molecule has 4 aromatic heterocycles. The number of furan rings is 1. The molecule has 0 bridgehead atoms. The highest BCUT2D eigenvalue weighted by molar-refractivity contribution is 6.07. The van der Waals surface area contributed by atoms with Crippen LogP contribution in [0.5, 0.6) is 0 Å². The predicted octanol–water partition coefficient (Wildman–Crippen LogP) is 3.24. The zero-order chi connectivity index (χ0) is 19.8. The molecule has 0 radical (unpaired) electrons. The van der Waals surface area contributed by atoms with E-state index < -0.39 is 0 Å². The van der Waals surface area contributed by atoms with Crippen LogP contribution in [0, 0.1) is 6.92 Å². The van der Waals surface area contributed by atoms with Gasteiger partial charge in [-0.3, -0.25) is 14.2 Å². The first-order chi connectivity index (χ1) is 13.5. The molecule has 1 N–H and O–H groups in total. The molecule has 8 heteroatoms. The molecule has 0 aromatic carbocycles. The molecule has 1 amide bonds. The first kappa shape index (κ1) is 18.0. The smallest absolute Gasteiger partial charge is 0.252 e. The molecule has 4 aromatic rings. The first-order valence-corrected chi connectivity index (χ1v) is 9.20. The lowest BCUT2D eigenvalue weighted by Crippen LogP contribution is -2.28. The van der Waals surface area contributed by atoms with Crippen molar-refractivity contribution in [1.82, 2.24) is 29.9 Å². The highest BCUT2D eigenvalue weighted by atomic mass is 16.3. The van der Waals surface area contributed by atoms with Crippen LogP contribution in [0.1, 0.15) is 41.6 Å². The molecule has 8 nitrogen and oxygen atoms in total. The van der Waals surface area contributed by atoms with E-state index in [1.165, 1.54) is 0 Å². The number of pyridine rings is 1. The third-order valence-electron chi connectivity index (χ3n) is 4.83. The average Bonchev–Trinajstić information content (AvgIpc) is 3.42. The second-order valence-corrected chi connectivity index (χ2v) is 6.71. The molecule has 144 valence electrons. The number of carbonyl (C=O) groups excluding carboxylic acids is 1. The maximum absolute atomic E-state index is 13.2. The van der Waals surface area contributed by atoms with Gasteiger partial charge in [0.05, 0.1) is 34.6 Å². The molecular weight excluding hydrogens is 356 g/mol. The Morgan fingerprint density at radius 3 is 2.89 bits per heavy atom. The monoisotopic (exact) mass is 378 g/mol.